The predicted octanol–water partition coefficient (Wildman–Crippen LogP) is 3.68. The first kappa shape index (κ1) is 32.7. The minimum absolute atomic E-state index is 0.0127. The summed E-state index contributed by atoms with van der Waals surface area (Å²) in [6.45, 7) is 8.50. The first-order valence-corrected chi connectivity index (χ1v) is 16.5. The highest BCUT2D eigenvalue weighted by molar-refractivity contribution is 5.87. The van der Waals surface area contributed by atoms with Gasteiger partial charge >= 0.3 is 0 Å². The lowest BCUT2D eigenvalue weighted by Crippen LogP contribution is -2.69. The molecule has 0 spiro atoms. The number of phenols is 4. The van der Waals surface area contributed by atoms with E-state index in [1.165, 1.54) is 0 Å². The van der Waals surface area contributed by atoms with Crippen LogP contribution in [0.2, 0.25) is 0 Å². The van der Waals surface area contributed by atoms with E-state index < -0.39 is 45.0 Å². The number of Topliss-reactive ketones (excluding diaryl/α,β-unsaturated/α-hetero) is 2. The van der Waals surface area contributed by atoms with E-state index in [-0.39, 0.29) is 73.3 Å². The van der Waals surface area contributed by atoms with Gasteiger partial charge in [0.1, 0.15) is 11.6 Å². The summed E-state index contributed by atoms with van der Waals surface area (Å²) in [6, 6.07) is 2.62. The van der Waals surface area contributed by atoms with E-state index in [0.717, 1.165) is 0 Å². The summed E-state index contributed by atoms with van der Waals surface area (Å²) in [5.41, 5.74) is -3.03. The third kappa shape index (κ3) is 4.15. The smallest absolute Gasteiger partial charge is 0.165 e. The van der Waals surface area contributed by atoms with Crippen LogP contribution in [0.15, 0.2) is 12.1 Å². The molecule has 5 unspecified atom stereocenters. The van der Waals surface area contributed by atoms with Gasteiger partial charge in [0.15, 0.2) is 23.0 Å². The van der Waals surface area contributed by atoms with Crippen LogP contribution in [0.25, 0.3) is 11.1 Å². The molecule has 250 valence electrons. The number of carbonyl (C=O) groups is 2. The van der Waals surface area contributed by atoms with Crippen molar-refractivity contribution in [3.8, 4) is 34.1 Å². The van der Waals surface area contributed by atoms with Gasteiger partial charge in [0.25, 0.3) is 0 Å². The van der Waals surface area contributed by atoms with Gasteiger partial charge in [-0.15, -0.1) is 0 Å². The largest absolute Gasteiger partial charge is 0.504 e. The van der Waals surface area contributed by atoms with E-state index in [0.29, 0.717) is 48.2 Å². The maximum absolute atomic E-state index is 12.9. The van der Waals surface area contributed by atoms with Gasteiger partial charge in [-0.2, -0.15) is 0 Å². The van der Waals surface area contributed by atoms with E-state index in [4.69, 9.17) is 0 Å². The molecule has 2 aromatic carbocycles. The third-order valence-electron chi connectivity index (χ3n) is 12.9. The van der Waals surface area contributed by atoms with Crippen LogP contribution >= 0.6 is 0 Å². The van der Waals surface area contributed by atoms with Crippen LogP contribution in [0.4, 0.5) is 0 Å². The summed E-state index contributed by atoms with van der Waals surface area (Å²) in [5.74, 6) is -2.01. The van der Waals surface area contributed by atoms with E-state index in [1.807, 2.05) is 37.7 Å². The number of benzene rings is 2. The van der Waals surface area contributed by atoms with Gasteiger partial charge in [-0.25, -0.2) is 0 Å². The van der Waals surface area contributed by atoms with Crippen molar-refractivity contribution < 1.29 is 40.2 Å². The zero-order chi connectivity index (χ0) is 33.7. The van der Waals surface area contributed by atoms with E-state index in [1.54, 1.807) is 26.0 Å². The van der Waals surface area contributed by atoms with E-state index in [2.05, 4.69) is 0 Å². The average Bonchev–Trinajstić information content (AvgIpc) is 3.00. The first-order chi connectivity index (χ1) is 21.5. The second kappa shape index (κ2) is 10.7. The second-order valence-electron chi connectivity index (χ2n) is 14.9. The molecule has 2 saturated carbocycles. The predicted molar refractivity (Wildman–Crippen MR) is 172 cm³/mol. The van der Waals surface area contributed by atoms with Gasteiger partial charge in [-0.1, -0.05) is 0 Å². The van der Waals surface area contributed by atoms with Crippen LogP contribution in [0, 0.1) is 13.8 Å². The molecule has 6 rings (SSSR count). The van der Waals surface area contributed by atoms with Crippen molar-refractivity contribution in [2.24, 2.45) is 0 Å². The number of phenolic OH excluding ortho intramolecular Hbond substituents is 4. The van der Waals surface area contributed by atoms with Gasteiger partial charge in [0.2, 0.25) is 0 Å². The lowest BCUT2D eigenvalue weighted by molar-refractivity contribution is -0.161. The summed E-state index contributed by atoms with van der Waals surface area (Å²) >= 11 is 0. The zero-order valence-corrected chi connectivity index (χ0v) is 27.8. The molecule has 10 nitrogen and oxygen atoms in total. The minimum Gasteiger partial charge on any atom is -0.504 e. The fraction of sp³-hybridized carbons (Fsp3) is 0.611. The Balaban J connectivity index is 1.52. The lowest BCUT2D eigenvalue weighted by Gasteiger charge is -2.59. The maximum atomic E-state index is 12.9. The summed E-state index contributed by atoms with van der Waals surface area (Å²) in [4.78, 5) is 29.9. The van der Waals surface area contributed by atoms with Gasteiger partial charge in [0, 0.05) is 70.9 Å². The van der Waals surface area contributed by atoms with Crippen molar-refractivity contribution in [1.82, 2.24) is 9.80 Å². The normalized spacial score (nSPS) is 35.6. The second-order valence-corrected chi connectivity index (χ2v) is 14.9. The molecular weight excluding hydrogens is 588 g/mol. The molecular formula is C36H48N2O8. The minimum atomic E-state index is -1.33. The van der Waals surface area contributed by atoms with Crippen molar-refractivity contribution >= 4 is 11.6 Å². The van der Waals surface area contributed by atoms with Crippen molar-refractivity contribution in [3.05, 3.63) is 34.4 Å². The molecule has 6 atom stereocenters. The number of likely N-dealkylation sites (tertiary alicyclic amines) is 2. The molecule has 0 bridgehead atoms. The van der Waals surface area contributed by atoms with Crippen LogP contribution in [0.3, 0.4) is 0 Å². The Hall–Kier alpha value is -3.18. The fourth-order valence-electron chi connectivity index (χ4n) is 10.0. The van der Waals surface area contributed by atoms with Crippen molar-refractivity contribution in [2.45, 2.75) is 113 Å². The number of hydrogen-bond donors (Lipinski definition) is 6. The monoisotopic (exact) mass is 636 g/mol. The van der Waals surface area contributed by atoms with Gasteiger partial charge < -0.3 is 40.4 Å². The zero-order valence-electron chi connectivity index (χ0n) is 27.8. The van der Waals surface area contributed by atoms with Crippen molar-refractivity contribution in [2.75, 3.05) is 27.2 Å². The third-order valence-corrected chi connectivity index (χ3v) is 12.9. The molecule has 2 heterocycles. The number of hydrogen-bond acceptors (Lipinski definition) is 10. The SMILES string of the molecule is Cc1cc(-c2cc(C)c([C@]34CCN(C)C(C)C3(O)CCC(=O)C4)c(O)c2O)c(O)c(O)c1C12CCN(C)C(C)C1(O)CCC(=O)C2. The van der Waals surface area contributed by atoms with Crippen LogP contribution in [-0.2, 0) is 20.4 Å². The summed E-state index contributed by atoms with van der Waals surface area (Å²) in [7, 11) is 3.85. The Morgan fingerprint density at radius 3 is 1.33 bits per heavy atom. The van der Waals surface area contributed by atoms with Crippen LogP contribution in [-0.4, -0.2) is 102 Å². The number of piperidine rings is 2. The molecule has 0 radical (unpaired) electrons. The molecule has 2 aromatic rings. The molecule has 46 heavy (non-hydrogen) atoms. The molecule has 2 saturated heterocycles. The van der Waals surface area contributed by atoms with Crippen LogP contribution < -0.4 is 0 Å². The van der Waals surface area contributed by atoms with E-state index in [9.17, 15) is 40.2 Å². The topological polar surface area (TPSA) is 162 Å². The molecule has 6 N–H and O–H groups in total. The van der Waals surface area contributed by atoms with Crippen LogP contribution in [0.1, 0.15) is 87.5 Å². The molecule has 2 aliphatic heterocycles. The quantitative estimate of drug-likeness (QED) is 0.274. The molecule has 4 fully saturated rings. The number of aliphatic hydroxyl groups is 2. The average molecular weight is 637 g/mol. The molecule has 2 aliphatic carbocycles. The van der Waals surface area contributed by atoms with E-state index >= 15 is 0 Å². The Bertz CT molecular complexity index is 1520. The van der Waals surface area contributed by atoms with Crippen molar-refractivity contribution in [1.29, 1.82) is 0 Å². The van der Waals surface area contributed by atoms with Gasteiger partial charge in [-0.3, -0.25) is 9.59 Å². The number of fused-ring (bicyclic) bond motifs is 2. The fourth-order valence-corrected chi connectivity index (χ4v) is 10.0. The molecule has 4 aliphatic rings. The highest BCUT2D eigenvalue weighted by Crippen LogP contribution is 2.61. The number of aromatic hydroxyl groups is 4. The Labute approximate surface area is 270 Å². The highest BCUT2D eigenvalue weighted by Gasteiger charge is 2.63. The number of carbonyl (C=O) groups excluding carboxylic acids is 2. The first-order valence-electron chi connectivity index (χ1n) is 16.5. The standard InChI is InChI=1S/C36H48N2O8/c1-19-15-25(29(41)31(43)27(19)33-11-13-37(5)21(3)35(33,45)9-7-23(39)17-33)26-16-20(2)28(32(44)30(26)42)34-12-14-38(6)22(4)36(34,46)10-8-24(40)18-34/h15-16,21-22,41-46H,7-14,17-18H2,1-6H3/t21?,22?,33-,34?,35?,36?/m1/s1. The number of likely N-dealkylation sites (N-methyl/N-ethyl adjacent to an activating group) is 2. The van der Waals surface area contributed by atoms with Gasteiger partial charge in [-0.05, 0) is 104 Å². The maximum Gasteiger partial charge on any atom is 0.165 e. The van der Waals surface area contributed by atoms with Gasteiger partial charge in [0.05, 0.1) is 11.2 Å². The number of ketones is 2. The Morgan fingerprint density at radius 2 is 0.978 bits per heavy atom. The number of nitrogens with zero attached hydrogens (tertiary/aromatic N) is 2. The molecule has 0 amide bonds. The Morgan fingerprint density at radius 1 is 0.630 bits per heavy atom. The summed E-state index contributed by atoms with van der Waals surface area (Å²) in [6.07, 6.45) is 1.81. The number of aryl methyl sites for hydroxylation is 2. The summed E-state index contributed by atoms with van der Waals surface area (Å²) < 4.78 is 0. The summed E-state index contributed by atoms with van der Waals surface area (Å²) in [5, 5.41) is 71.0. The molecule has 0 aromatic heterocycles. The lowest BCUT2D eigenvalue weighted by atomic mass is 9.52. The van der Waals surface area contributed by atoms with Crippen molar-refractivity contribution in [3.63, 3.8) is 0 Å². The highest BCUT2D eigenvalue weighted by atomic mass is 16.3. The Kier molecular flexibility index (Phi) is 7.60. The molecule has 10 heteroatoms. The van der Waals surface area contributed by atoms with Crippen LogP contribution in [0.5, 0.6) is 23.0 Å². The number of rotatable bonds is 3.